The molecule has 3 aliphatic rings. The lowest BCUT2D eigenvalue weighted by Crippen LogP contribution is -2.53. The number of carbonyl (C=O) groups excluding carboxylic acids is 3. The lowest BCUT2D eigenvalue weighted by molar-refractivity contribution is -0.192. The number of piperazine rings is 1. The van der Waals surface area contributed by atoms with Gasteiger partial charge in [-0.2, -0.15) is 13.2 Å². The van der Waals surface area contributed by atoms with E-state index in [9.17, 15) is 27.6 Å². The number of hydrogen-bond acceptors (Lipinski definition) is 5. The normalized spacial score (nSPS) is 18.7. The van der Waals surface area contributed by atoms with E-state index in [4.69, 9.17) is 9.90 Å². The summed E-state index contributed by atoms with van der Waals surface area (Å²) in [6, 6.07) is 20.0. The second kappa shape index (κ2) is 13.2. The third kappa shape index (κ3) is 7.05. The number of fused-ring (bicyclic) bond motifs is 4. The molecule has 0 spiro atoms. The number of hydrogen-bond donors (Lipinski definition) is 2. The Balaban J connectivity index is 0.000000561. The van der Waals surface area contributed by atoms with Crippen LogP contribution in [0.3, 0.4) is 0 Å². The zero-order chi connectivity index (χ0) is 36.0. The first-order valence-electron chi connectivity index (χ1n) is 16.4. The second-order valence-electron chi connectivity index (χ2n) is 14.1. The van der Waals surface area contributed by atoms with E-state index in [2.05, 4.69) is 22.1 Å². The minimum atomic E-state index is -5.08. The summed E-state index contributed by atoms with van der Waals surface area (Å²) in [4.78, 5) is 61.2. The number of rotatable bonds is 6. The molecule has 3 atom stereocenters. The van der Waals surface area contributed by atoms with Crippen molar-refractivity contribution in [3.05, 3.63) is 95.5 Å². The van der Waals surface area contributed by atoms with Gasteiger partial charge in [-0.3, -0.25) is 19.4 Å². The molecule has 4 aromatic rings. The highest BCUT2D eigenvalue weighted by Crippen LogP contribution is 2.39. The van der Waals surface area contributed by atoms with Crippen LogP contribution in [0.25, 0.3) is 28.1 Å². The molecular formula is C38H37F3N4O5. The fourth-order valence-corrected chi connectivity index (χ4v) is 7.05. The molecule has 2 aromatic carbocycles. The van der Waals surface area contributed by atoms with Gasteiger partial charge in [0, 0.05) is 54.8 Å². The van der Waals surface area contributed by atoms with Crippen LogP contribution in [0.5, 0.6) is 0 Å². The van der Waals surface area contributed by atoms with E-state index in [0.29, 0.717) is 25.2 Å². The molecule has 2 bridgehead atoms. The molecule has 0 saturated carbocycles. The van der Waals surface area contributed by atoms with E-state index in [1.165, 1.54) is 0 Å². The third-order valence-electron chi connectivity index (χ3n) is 9.75. The molecule has 2 amide bonds. The first-order chi connectivity index (χ1) is 23.6. The molecule has 7 rings (SSSR count). The van der Waals surface area contributed by atoms with Crippen LogP contribution in [0, 0.1) is 11.3 Å². The van der Waals surface area contributed by atoms with E-state index in [0.717, 1.165) is 45.2 Å². The van der Waals surface area contributed by atoms with Crippen molar-refractivity contribution >= 4 is 40.5 Å². The highest BCUT2D eigenvalue weighted by atomic mass is 19.4. The van der Waals surface area contributed by atoms with Crippen LogP contribution in [0.2, 0.25) is 0 Å². The lowest BCUT2D eigenvalue weighted by Gasteiger charge is -2.39. The van der Waals surface area contributed by atoms with Crippen molar-refractivity contribution in [2.45, 2.75) is 58.3 Å². The van der Waals surface area contributed by atoms with E-state index in [1.54, 1.807) is 12.4 Å². The Kier molecular flexibility index (Phi) is 9.15. The first kappa shape index (κ1) is 34.6. The van der Waals surface area contributed by atoms with E-state index >= 15 is 0 Å². The van der Waals surface area contributed by atoms with Gasteiger partial charge in [0.1, 0.15) is 5.69 Å². The maximum atomic E-state index is 14.0. The molecule has 2 aliphatic heterocycles. The number of ketones is 1. The van der Waals surface area contributed by atoms with Gasteiger partial charge in [-0.25, -0.2) is 4.79 Å². The van der Waals surface area contributed by atoms with Crippen LogP contribution in [0.1, 0.15) is 55.2 Å². The number of nitrogens with one attached hydrogen (secondary N) is 1. The molecule has 50 heavy (non-hydrogen) atoms. The number of carboxylic acid groups (broad SMARTS) is 1. The largest absolute Gasteiger partial charge is 0.490 e. The SMILES string of the molecule is CC(C)(C)[C@H](CC(=O)C1=Cc2ccccc2C1)C(=O)N1C[C@@H]2C[C@H]1CN2C(=O)c1cc2cc(-c3ccncc3)ccc2[nH]1.O=C(O)C(F)(F)F. The van der Waals surface area contributed by atoms with Crippen molar-refractivity contribution < 1.29 is 37.5 Å². The minimum Gasteiger partial charge on any atom is -0.475 e. The highest BCUT2D eigenvalue weighted by Gasteiger charge is 2.50. The number of benzene rings is 2. The lowest BCUT2D eigenvalue weighted by atomic mass is 9.76. The number of carboxylic acids is 1. The van der Waals surface area contributed by atoms with Crippen molar-refractivity contribution in [1.29, 1.82) is 0 Å². The van der Waals surface area contributed by atoms with Crippen molar-refractivity contribution in [2.24, 2.45) is 11.3 Å². The Hall–Kier alpha value is -5.26. The van der Waals surface area contributed by atoms with Crippen LogP contribution in [-0.2, 0) is 20.8 Å². The topological polar surface area (TPSA) is 124 Å². The van der Waals surface area contributed by atoms with E-state index in [-0.39, 0.29) is 41.5 Å². The van der Waals surface area contributed by atoms with Gasteiger partial charge in [0.05, 0.1) is 18.0 Å². The Bertz CT molecular complexity index is 2000. The Labute approximate surface area is 286 Å². The molecule has 9 nitrogen and oxygen atoms in total. The summed E-state index contributed by atoms with van der Waals surface area (Å²) in [5.41, 5.74) is 6.31. The van der Waals surface area contributed by atoms with Crippen molar-refractivity contribution in [1.82, 2.24) is 19.8 Å². The fraction of sp³-hybridized carbons (Fsp3) is 0.342. The van der Waals surface area contributed by atoms with Crippen LogP contribution < -0.4 is 0 Å². The molecule has 2 fully saturated rings. The number of alkyl halides is 3. The molecular weight excluding hydrogens is 649 g/mol. The standard InChI is InChI=1S/C36H36N4O3.C2HF3O2/c1-36(2,3)30(19-33(41)27-15-23-6-4-5-7-24(23)16-27)34(42)39-20-29-18-28(39)21-40(29)35(43)32-17-26-14-25(8-9-31(26)38-32)22-10-12-37-13-11-22;3-2(4,5)1(6)7/h4-15,17,28-30,38H,16,18-21H2,1-3H3;(H,6,7)/t28-,29-,30+;/m0./s1. The second-order valence-corrected chi connectivity index (χ2v) is 14.1. The number of pyridine rings is 1. The number of aromatic nitrogens is 2. The molecule has 2 aromatic heterocycles. The van der Waals surface area contributed by atoms with Crippen molar-refractivity contribution in [2.75, 3.05) is 13.1 Å². The highest BCUT2D eigenvalue weighted by molar-refractivity contribution is 6.04. The van der Waals surface area contributed by atoms with Gasteiger partial charge in [0.15, 0.2) is 5.78 Å². The predicted octanol–water partition coefficient (Wildman–Crippen LogP) is 6.55. The van der Waals surface area contributed by atoms with Crippen LogP contribution >= 0.6 is 0 Å². The summed E-state index contributed by atoms with van der Waals surface area (Å²) in [7, 11) is 0. The Morgan fingerprint density at radius 3 is 2.20 bits per heavy atom. The summed E-state index contributed by atoms with van der Waals surface area (Å²) in [6.07, 6.45) is 2.05. The predicted molar refractivity (Wildman–Crippen MR) is 181 cm³/mol. The molecule has 2 saturated heterocycles. The number of carbonyl (C=O) groups is 4. The van der Waals surface area contributed by atoms with Crippen molar-refractivity contribution in [3.8, 4) is 11.1 Å². The zero-order valence-corrected chi connectivity index (χ0v) is 27.8. The summed E-state index contributed by atoms with van der Waals surface area (Å²) in [6.45, 7) is 7.15. The molecule has 0 radical (unpaired) electrons. The number of Topliss-reactive ketones (excluding diaryl/α,β-unsaturated/α-hetero) is 1. The Morgan fingerprint density at radius 2 is 1.58 bits per heavy atom. The zero-order valence-electron chi connectivity index (χ0n) is 27.8. The number of H-pyrrole nitrogens is 1. The van der Waals surface area contributed by atoms with Gasteiger partial charge in [0.25, 0.3) is 5.91 Å². The molecule has 1 aliphatic carbocycles. The number of likely N-dealkylation sites (tertiary alicyclic amines) is 2. The van der Waals surface area contributed by atoms with Gasteiger partial charge in [0.2, 0.25) is 5.91 Å². The van der Waals surface area contributed by atoms with Crippen LogP contribution in [-0.4, -0.2) is 79.8 Å². The number of aromatic amines is 1. The van der Waals surface area contributed by atoms with Gasteiger partial charge in [-0.05, 0) is 70.5 Å². The number of nitrogens with zero attached hydrogens (tertiary/aromatic N) is 3. The van der Waals surface area contributed by atoms with Gasteiger partial charge >= 0.3 is 12.1 Å². The maximum absolute atomic E-state index is 14.0. The maximum Gasteiger partial charge on any atom is 0.490 e. The first-order valence-corrected chi connectivity index (χ1v) is 16.4. The van der Waals surface area contributed by atoms with Crippen LogP contribution in [0.15, 0.2) is 78.6 Å². The van der Waals surface area contributed by atoms with Gasteiger partial charge in [-0.1, -0.05) is 51.1 Å². The number of halogens is 3. The van der Waals surface area contributed by atoms with Gasteiger partial charge in [-0.15, -0.1) is 0 Å². The summed E-state index contributed by atoms with van der Waals surface area (Å²) in [5.74, 6) is -3.12. The summed E-state index contributed by atoms with van der Waals surface area (Å²) in [5, 5.41) is 8.11. The smallest absolute Gasteiger partial charge is 0.475 e. The molecule has 2 N–H and O–H groups in total. The average molecular weight is 687 g/mol. The molecule has 12 heteroatoms. The van der Waals surface area contributed by atoms with E-state index < -0.39 is 18.1 Å². The summed E-state index contributed by atoms with van der Waals surface area (Å²) < 4.78 is 31.7. The molecule has 4 heterocycles. The molecule has 260 valence electrons. The number of allylic oxidation sites excluding steroid dienone is 1. The Morgan fingerprint density at radius 1 is 0.920 bits per heavy atom. The average Bonchev–Trinajstić information content (AvgIpc) is 3.88. The van der Waals surface area contributed by atoms with Crippen LogP contribution in [0.4, 0.5) is 13.2 Å². The summed E-state index contributed by atoms with van der Waals surface area (Å²) >= 11 is 0. The third-order valence-corrected chi connectivity index (χ3v) is 9.75. The van der Waals surface area contributed by atoms with E-state index in [1.807, 2.05) is 85.2 Å². The minimum absolute atomic E-state index is 0.0244. The van der Waals surface area contributed by atoms with Gasteiger partial charge < -0.3 is 19.9 Å². The monoisotopic (exact) mass is 686 g/mol. The van der Waals surface area contributed by atoms with Crippen molar-refractivity contribution in [3.63, 3.8) is 0 Å². The quantitative estimate of drug-likeness (QED) is 0.237. The fourth-order valence-electron chi connectivity index (χ4n) is 7.05. The number of aliphatic carboxylic acids is 1. The molecule has 0 unspecified atom stereocenters. The number of amides is 2.